The van der Waals surface area contributed by atoms with E-state index in [1.807, 2.05) is 6.92 Å². The molecule has 6 heteroatoms. The van der Waals surface area contributed by atoms with Crippen molar-refractivity contribution in [3.8, 4) is 0 Å². The van der Waals surface area contributed by atoms with Crippen molar-refractivity contribution in [3.63, 3.8) is 0 Å². The summed E-state index contributed by atoms with van der Waals surface area (Å²) in [6.07, 6.45) is 4.53. The van der Waals surface area contributed by atoms with Crippen molar-refractivity contribution in [2.24, 2.45) is 0 Å². The number of hydrogen-bond donors (Lipinski definition) is 1. The van der Waals surface area contributed by atoms with Crippen molar-refractivity contribution in [2.45, 2.75) is 52.0 Å². The SMILES string of the molecule is CCCCC(CCC)NC(=O)c1cc([N+](=O)[O-])ccc1F. The molecule has 1 unspecified atom stereocenters. The summed E-state index contributed by atoms with van der Waals surface area (Å²) in [7, 11) is 0. The topological polar surface area (TPSA) is 72.2 Å². The zero-order chi connectivity index (χ0) is 15.8. The molecule has 0 saturated carbocycles. The molecule has 0 bridgehead atoms. The van der Waals surface area contributed by atoms with Crippen LogP contribution in [0, 0.1) is 15.9 Å². The Morgan fingerprint density at radius 2 is 2.05 bits per heavy atom. The molecule has 0 spiro atoms. The van der Waals surface area contributed by atoms with Crippen LogP contribution < -0.4 is 5.32 Å². The molecule has 21 heavy (non-hydrogen) atoms. The lowest BCUT2D eigenvalue weighted by molar-refractivity contribution is -0.384. The molecule has 0 saturated heterocycles. The van der Waals surface area contributed by atoms with Crippen LogP contribution in [0.25, 0.3) is 0 Å². The molecule has 0 aromatic heterocycles. The van der Waals surface area contributed by atoms with Gasteiger partial charge >= 0.3 is 0 Å². The molecule has 1 rings (SSSR count). The van der Waals surface area contributed by atoms with Crippen LogP contribution in [-0.2, 0) is 0 Å². The van der Waals surface area contributed by atoms with E-state index >= 15 is 0 Å². The molecule has 1 N–H and O–H groups in total. The molecule has 0 aliphatic heterocycles. The number of nitrogens with one attached hydrogen (secondary N) is 1. The molecule has 1 atom stereocenters. The first-order valence-corrected chi connectivity index (χ1v) is 7.24. The minimum Gasteiger partial charge on any atom is -0.349 e. The molecule has 5 nitrogen and oxygen atoms in total. The largest absolute Gasteiger partial charge is 0.349 e. The highest BCUT2D eigenvalue weighted by Gasteiger charge is 2.19. The van der Waals surface area contributed by atoms with E-state index in [1.54, 1.807) is 0 Å². The number of nitro benzene ring substituents is 1. The van der Waals surface area contributed by atoms with Crippen molar-refractivity contribution in [2.75, 3.05) is 0 Å². The fourth-order valence-electron chi connectivity index (χ4n) is 2.15. The maximum absolute atomic E-state index is 13.7. The average Bonchev–Trinajstić information content (AvgIpc) is 2.45. The lowest BCUT2D eigenvalue weighted by Gasteiger charge is -2.18. The molecule has 116 valence electrons. The van der Waals surface area contributed by atoms with Crippen LogP contribution in [0.2, 0.25) is 0 Å². The molecule has 0 aliphatic rings. The monoisotopic (exact) mass is 296 g/mol. The molecule has 1 aromatic rings. The fourth-order valence-corrected chi connectivity index (χ4v) is 2.15. The van der Waals surface area contributed by atoms with Crippen molar-refractivity contribution in [1.29, 1.82) is 0 Å². The number of benzene rings is 1. The van der Waals surface area contributed by atoms with Crippen molar-refractivity contribution < 1.29 is 14.1 Å². The summed E-state index contributed by atoms with van der Waals surface area (Å²) in [4.78, 5) is 22.2. The quantitative estimate of drug-likeness (QED) is 0.585. The lowest BCUT2D eigenvalue weighted by Crippen LogP contribution is -2.35. The zero-order valence-electron chi connectivity index (χ0n) is 12.4. The number of carbonyl (C=O) groups is 1. The first kappa shape index (κ1) is 17.1. The maximum atomic E-state index is 13.7. The van der Waals surface area contributed by atoms with Gasteiger partial charge in [0, 0.05) is 18.2 Å². The predicted octanol–water partition coefficient (Wildman–Crippen LogP) is 3.82. The third-order valence-electron chi connectivity index (χ3n) is 3.28. The second kappa shape index (κ2) is 8.34. The van der Waals surface area contributed by atoms with Gasteiger partial charge in [0.05, 0.1) is 10.5 Å². The Morgan fingerprint density at radius 1 is 1.33 bits per heavy atom. The van der Waals surface area contributed by atoms with Crippen LogP contribution >= 0.6 is 0 Å². The standard InChI is InChI=1S/C15H21FN2O3/c1-3-5-7-11(6-4-2)17-15(19)13-10-12(18(20)21)8-9-14(13)16/h8-11H,3-7H2,1-2H3,(H,17,19). The van der Waals surface area contributed by atoms with Gasteiger partial charge in [0.15, 0.2) is 0 Å². The number of hydrogen-bond acceptors (Lipinski definition) is 3. The Bertz CT molecular complexity index is 506. The van der Waals surface area contributed by atoms with Gasteiger partial charge in [-0.05, 0) is 18.9 Å². The molecular weight excluding hydrogens is 275 g/mol. The minimum atomic E-state index is -0.746. The van der Waals surface area contributed by atoms with Gasteiger partial charge in [0.2, 0.25) is 0 Å². The third-order valence-corrected chi connectivity index (χ3v) is 3.28. The fraction of sp³-hybridized carbons (Fsp3) is 0.533. The number of carbonyl (C=O) groups excluding carboxylic acids is 1. The van der Waals surface area contributed by atoms with Crippen molar-refractivity contribution in [1.82, 2.24) is 5.32 Å². The summed E-state index contributed by atoms with van der Waals surface area (Å²) in [6, 6.07) is 2.95. The normalized spacial score (nSPS) is 12.0. The number of unbranched alkanes of at least 4 members (excludes halogenated alkanes) is 1. The number of nitrogens with zero attached hydrogens (tertiary/aromatic N) is 1. The first-order valence-electron chi connectivity index (χ1n) is 7.24. The Morgan fingerprint density at radius 3 is 2.62 bits per heavy atom. The van der Waals surface area contributed by atoms with Gasteiger partial charge in [-0.1, -0.05) is 33.1 Å². The van der Waals surface area contributed by atoms with Crippen LogP contribution in [0.1, 0.15) is 56.3 Å². The first-order chi connectivity index (χ1) is 9.99. The smallest absolute Gasteiger partial charge is 0.270 e. The Kier molecular flexibility index (Phi) is 6.78. The summed E-state index contributed by atoms with van der Waals surface area (Å²) in [5, 5.41) is 13.5. The van der Waals surface area contributed by atoms with E-state index in [0.29, 0.717) is 0 Å². The minimum absolute atomic E-state index is 0.0267. The summed E-state index contributed by atoms with van der Waals surface area (Å²) >= 11 is 0. The molecular formula is C15H21FN2O3. The number of non-ortho nitro benzene ring substituents is 1. The Labute approximate surface area is 123 Å². The summed E-state index contributed by atoms with van der Waals surface area (Å²) < 4.78 is 13.7. The van der Waals surface area contributed by atoms with Gasteiger partial charge in [0.25, 0.3) is 11.6 Å². The third kappa shape index (κ3) is 5.13. The second-order valence-corrected chi connectivity index (χ2v) is 5.02. The van der Waals surface area contributed by atoms with Gasteiger partial charge < -0.3 is 5.32 Å². The molecule has 1 amide bonds. The van der Waals surface area contributed by atoms with Crippen LogP contribution in [0.15, 0.2) is 18.2 Å². The molecule has 0 radical (unpaired) electrons. The number of nitro groups is 1. The number of amides is 1. The van der Waals surface area contributed by atoms with Gasteiger partial charge in [-0.25, -0.2) is 4.39 Å². The zero-order valence-corrected chi connectivity index (χ0v) is 12.4. The van der Waals surface area contributed by atoms with E-state index in [4.69, 9.17) is 0 Å². The van der Waals surface area contributed by atoms with E-state index in [2.05, 4.69) is 12.2 Å². The lowest BCUT2D eigenvalue weighted by atomic mass is 10.0. The number of halogens is 1. The average molecular weight is 296 g/mol. The highest BCUT2D eigenvalue weighted by atomic mass is 19.1. The molecule has 0 aliphatic carbocycles. The second-order valence-electron chi connectivity index (χ2n) is 5.02. The predicted molar refractivity (Wildman–Crippen MR) is 78.7 cm³/mol. The highest BCUT2D eigenvalue weighted by molar-refractivity contribution is 5.95. The Balaban J connectivity index is 2.85. The summed E-state index contributed by atoms with van der Waals surface area (Å²) in [6.45, 7) is 4.07. The summed E-state index contributed by atoms with van der Waals surface area (Å²) in [5.74, 6) is -1.34. The molecule has 1 aromatic carbocycles. The number of rotatable bonds is 8. The van der Waals surface area contributed by atoms with Crippen LogP contribution in [0.5, 0.6) is 0 Å². The van der Waals surface area contributed by atoms with E-state index in [-0.39, 0.29) is 17.3 Å². The van der Waals surface area contributed by atoms with Crippen molar-refractivity contribution in [3.05, 3.63) is 39.7 Å². The summed E-state index contributed by atoms with van der Waals surface area (Å²) in [5.41, 5.74) is -0.566. The molecule has 0 fully saturated rings. The van der Waals surface area contributed by atoms with Gasteiger partial charge in [-0.3, -0.25) is 14.9 Å². The highest BCUT2D eigenvalue weighted by Crippen LogP contribution is 2.17. The van der Waals surface area contributed by atoms with E-state index in [0.717, 1.165) is 50.3 Å². The van der Waals surface area contributed by atoms with Crippen LogP contribution in [0.3, 0.4) is 0 Å². The van der Waals surface area contributed by atoms with E-state index in [1.165, 1.54) is 0 Å². The van der Waals surface area contributed by atoms with Crippen molar-refractivity contribution >= 4 is 11.6 Å². The van der Waals surface area contributed by atoms with Gasteiger partial charge in [-0.15, -0.1) is 0 Å². The Hall–Kier alpha value is -1.98. The van der Waals surface area contributed by atoms with E-state index < -0.39 is 16.6 Å². The van der Waals surface area contributed by atoms with Crippen LogP contribution in [0.4, 0.5) is 10.1 Å². The molecule has 0 heterocycles. The van der Waals surface area contributed by atoms with E-state index in [9.17, 15) is 19.3 Å². The maximum Gasteiger partial charge on any atom is 0.270 e. The van der Waals surface area contributed by atoms with Gasteiger partial charge in [-0.2, -0.15) is 0 Å². The van der Waals surface area contributed by atoms with Gasteiger partial charge in [0.1, 0.15) is 5.82 Å². The van der Waals surface area contributed by atoms with Crippen LogP contribution in [-0.4, -0.2) is 16.9 Å².